The molecule has 0 atom stereocenters. The molecule has 1 aliphatic heterocycles. The van der Waals surface area contributed by atoms with Crippen molar-refractivity contribution in [3.05, 3.63) is 33.9 Å². The summed E-state index contributed by atoms with van der Waals surface area (Å²) >= 11 is 0. The van der Waals surface area contributed by atoms with Crippen LogP contribution >= 0.6 is 0 Å². The van der Waals surface area contributed by atoms with Crippen molar-refractivity contribution >= 4 is 11.4 Å². The van der Waals surface area contributed by atoms with Crippen molar-refractivity contribution in [1.29, 1.82) is 0 Å². The van der Waals surface area contributed by atoms with Crippen molar-refractivity contribution in [3.63, 3.8) is 0 Å². The van der Waals surface area contributed by atoms with Gasteiger partial charge in [0.05, 0.1) is 11.0 Å². The molecule has 1 N–H and O–H groups in total. The highest BCUT2D eigenvalue weighted by molar-refractivity contribution is 5.63. The van der Waals surface area contributed by atoms with E-state index in [9.17, 15) is 10.1 Å². The van der Waals surface area contributed by atoms with E-state index in [0.29, 0.717) is 23.9 Å². The van der Waals surface area contributed by atoms with Crippen LogP contribution in [0.1, 0.15) is 57.4 Å². The van der Waals surface area contributed by atoms with Gasteiger partial charge in [0.15, 0.2) is 0 Å². The largest absolute Gasteiger partial charge is 0.378 e. The molecule has 0 spiro atoms. The lowest BCUT2D eigenvalue weighted by Crippen LogP contribution is -2.46. The van der Waals surface area contributed by atoms with E-state index in [-0.39, 0.29) is 10.6 Å². The van der Waals surface area contributed by atoms with Crippen LogP contribution in [0.3, 0.4) is 0 Å². The van der Waals surface area contributed by atoms with E-state index in [2.05, 4.69) is 17.1 Å². The number of benzene rings is 1. The number of likely N-dealkylation sites (tertiary alicyclic amines) is 1. The van der Waals surface area contributed by atoms with E-state index in [0.717, 1.165) is 44.5 Å². The fraction of sp³-hybridized carbons (Fsp3) is 0.714. The second-order valence-corrected chi connectivity index (χ2v) is 8.03. The van der Waals surface area contributed by atoms with Crippen molar-refractivity contribution in [1.82, 2.24) is 4.90 Å². The van der Waals surface area contributed by atoms with Gasteiger partial charge in [0.1, 0.15) is 5.69 Å². The highest BCUT2D eigenvalue weighted by Gasteiger charge is 2.29. The number of nitrogens with zero attached hydrogens (tertiary/aromatic N) is 2. The van der Waals surface area contributed by atoms with Gasteiger partial charge in [0.2, 0.25) is 0 Å². The van der Waals surface area contributed by atoms with Gasteiger partial charge in [-0.15, -0.1) is 0 Å². The summed E-state index contributed by atoms with van der Waals surface area (Å²) in [6, 6.07) is 6.28. The van der Waals surface area contributed by atoms with E-state index >= 15 is 0 Å². The van der Waals surface area contributed by atoms with Gasteiger partial charge in [-0.1, -0.05) is 13.0 Å². The maximum Gasteiger partial charge on any atom is 0.292 e. The SMILES string of the molecule is CCCO[C@H]1CC[C@@H](N2CCC(Nc3cc(C)ccc3[N+](=O)[O-])CC2)CC1. The van der Waals surface area contributed by atoms with E-state index in [1.807, 2.05) is 13.0 Å². The Morgan fingerprint density at radius 3 is 2.52 bits per heavy atom. The Kier molecular flexibility index (Phi) is 7.07. The summed E-state index contributed by atoms with van der Waals surface area (Å²) < 4.78 is 5.91. The van der Waals surface area contributed by atoms with Crippen LogP contribution < -0.4 is 5.32 Å². The van der Waals surface area contributed by atoms with Gasteiger partial charge in [-0.3, -0.25) is 10.1 Å². The molecule has 150 valence electrons. The molecule has 27 heavy (non-hydrogen) atoms. The van der Waals surface area contributed by atoms with Crippen molar-refractivity contribution < 1.29 is 9.66 Å². The summed E-state index contributed by atoms with van der Waals surface area (Å²) in [4.78, 5) is 13.6. The predicted molar refractivity (Wildman–Crippen MR) is 108 cm³/mol. The highest BCUT2D eigenvalue weighted by atomic mass is 16.6. The van der Waals surface area contributed by atoms with Gasteiger partial charge in [0.25, 0.3) is 5.69 Å². The molecule has 0 amide bonds. The average molecular weight is 376 g/mol. The van der Waals surface area contributed by atoms with Crippen LogP contribution in [0.15, 0.2) is 18.2 Å². The lowest BCUT2D eigenvalue weighted by atomic mass is 9.90. The summed E-state index contributed by atoms with van der Waals surface area (Å²) in [6.45, 7) is 7.16. The molecule has 1 saturated heterocycles. The number of hydrogen-bond donors (Lipinski definition) is 1. The van der Waals surface area contributed by atoms with Gasteiger partial charge in [-0.2, -0.15) is 0 Å². The molecule has 0 unspecified atom stereocenters. The summed E-state index contributed by atoms with van der Waals surface area (Å²) in [5, 5.41) is 14.7. The third kappa shape index (κ3) is 5.42. The second-order valence-electron chi connectivity index (χ2n) is 8.03. The van der Waals surface area contributed by atoms with Crippen LogP contribution in [0.5, 0.6) is 0 Å². The minimum atomic E-state index is -0.296. The number of rotatable bonds is 7. The first-order chi connectivity index (χ1) is 13.1. The van der Waals surface area contributed by atoms with Crippen molar-refractivity contribution in [2.45, 2.75) is 77.0 Å². The van der Waals surface area contributed by atoms with E-state index in [4.69, 9.17) is 4.74 Å². The third-order valence-electron chi connectivity index (χ3n) is 5.96. The van der Waals surface area contributed by atoms with Crippen molar-refractivity contribution in [2.75, 3.05) is 25.0 Å². The minimum absolute atomic E-state index is 0.174. The normalized spacial score (nSPS) is 24.7. The monoisotopic (exact) mass is 375 g/mol. The first-order valence-electron chi connectivity index (χ1n) is 10.4. The predicted octanol–water partition coefficient (Wildman–Crippen LogP) is 4.52. The Balaban J connectivity index is 1.47. The Morgan fingerprint density at radius 1 is 1.19 bits per heavy atom. The van der Waals surface area contributed by atoms with Gasteiger partial charge in [-0.25, -0.2) is 0 Å². The molecule has 2 fully saturated rings. The molecule has 1 heterocycles. The Labute approximate surface area is 162 Å². The Morgan fingerprint density at radius 2 is 1.89 bits per heavy atom. The second kappa shape index (κ2) is 9.51. The molecule has 1 aromatic carbocycles. The van der Waals surface area contributed by atoms with Crippen LogP contribution in [-0.2, 0) is 4.74 Å². The number of nitro groups is 1. The third-order valence-corrected chi connectivity index (χ3v) is 5.96. The molecule has 0 radical (unpaired) electrons. The number of piperidine rings is 1. The van der Waals surface area contributed by atoms with Crippen molar-refractivity contribution in [2.24, 2.45) is 0 Å². The molecule has 2 aliphatic rings. The van der Waals surface area contributed by atoms with Crippen LogP contribution in [-0.4, -0.2) is 47.7 Å². The molecule has 1 aliphatic carbocycles. The van der Waals surface area contributed by atoms with Crippen molar-refractivity contribution in [3.8, 4) is 0 Å². The molecule has 0 aromatic heterocycles. The molecule has 1 aromatic rings. The Bertz CT molecular complexity index is 621. The molecule has 6 nitrogen and oxygen atoms in total. The van der Waals surface area contributed by atoms with Crippen LogP contribution in [0.2, 0.25) is 0 Å². The zero-order valence-electron chi connectivity index (χ0n) is 16.7. The first-order valence-corrected chi connectivity index (χ1v) is 10.4. The standard InChI is InChI=1S/C21H33N3O3/c1-3-14-27-19-7-5-18(6-8-19)23-12-10-17(11-13-23)22-20-15-16(2)4-9-21(20)24(25)26/h4,9,15,17-19,22H,3,5-8,10-14H2,1-2H3/t18-,19+. The summed E-state index contributed by atoms with van der Waals surface area (Å²) in [5.41, 5.74) is 1.88. The van der Waals surface area contributed by atoms with Crippen LogP contribution in [0.4, 0.5) is 11.4 Å². The summed E-state index contributed by atoms with van der Waals surface area (Å²) in [7, 11) is 0. The molecule has 1 saturated carbocycles. The van der Waals surface area contributed by atoms with E-state index in [1.165, 1.54) is 25.7 Å². The molecular weight excluding hydrogens is 342 g/mol. The number of nitrogens with one attached hydrogen (secondary N) is 1. The fourth-order valence-electron chi connectivity index (χ4n) is 4.42. The quantitative estimate of drug-likeness (QED) is 0.561. The average Bonchev–Trinajstić information content (AvgIpc) is 2.67. The maximum absolute atomic E-state index is 11.3. The molecule has 3 rings (SSSR count). The maximum atomic E-state index is 11.3. The van der Waals surface area contributed by atoms with Gasteiger partial charge < -0.3 is 15.0 Å². The Hall–Kier alpha value is -1.66. The molecule has 0 bridgehead atoms. The number of aryl methyl sites for hydroxylation is 1. The fourth-order valence-corrected chi connectivity index (χ4v) is 4.42. The lowest BCUT2D eigenvalue weighted by Gasteiger charge is -2.41. The number of ether oxygens (including phenoxy) is 1. The van der Waals surface area contributed by atoms with Gasteiger partial charge in [-0.05, 0) is 63.5 Å². The smallest absolute Gasteiger partial charge is 0.292 e. The van der Waals surface area contributed by atoms with Crippen LogP contribution in [0, 0.1) is 17.0 Å². The van der Waals surface area contributed by atoms with E-state index < -0.39 is 0 Å². The molecular formula is C21H33N3O3. The zero-order chi connectivity index (χ0) is 19.2. The van der Waals surface area contributed by atoms with Gasteiger partial charge in [0, 0.05) is 37.8 Å². The molecule has 6 heteroatoms. The number of nitro benzene ring substituents is 1. The number of hydrogen-bond acceptors (Lipinski definition) is 5. The summed E-state index contributed by atoms with van der Waals surface area (Å²) in [5.74, 6) is 0. The van der Waals surface area contributed by atoms with Gasteiger partial charge >= 0.3 is 0 Å². The van der Waals surface area contributed by atoms with Crippen LogP contribution in [0.25, 0.3) is 0 Å². The van der Waals surface area contributed by atoms with E-state index in [1.54, 1.807) is 12.1 Å². The topological polar surface area (TPSA) is 67.6 Å². The number of anilines is 1. The lowest BCUT2D eigenvalue weighted by molar-refractivity contribution is -0.384. The zero-order valence-corrected chi connectivity index (χ0v) is 16.7. The minimum Gasteiger partial charge on any atom is -0.378 e. The first kappa shape index (κ1) is 20.1. The highest BCUT2D eigenvalue weighted by Crippen LogP contribution is 2.30. The summed E-state index contributed by atoms with van der Waals surface area (Å²) in [6.07, 6.45) is 8.46.